The summed E-state index contributed by atoms with van der Waals surface area (Å²) >= 11 is 0. The number of rotatable bonds is 3. The minimum Gasteiger partial charge on any atom is -0.423 e. The molecule has 0 aliphatic heterocycles. The van der Waals surface area contributed by atoms with E-state index < -0.39 is 5.97 Å². The number of carbonyl (C=O) groups is 1. The predicted octanol–water partition coefficient (Wildman–Crippen LogP) is 4.46. The molecule has 0 aromatic heterocycles. The van der Waals surface area contributed by atoms with Crippen molar-refractivity contribution in [2.24, 2.45) is 0 Å². The zero-order valence-corrected chi connectivity index (χ0v) is 12.5. The molecule has 2 aromatic rings. The quantitative estimate of drug-likeness (QED) is 0.475. The zero-order valence-electron chi connectivity index (χ0n) is 12.5. The Morgan fingerprint density at radius 2 is 1.95 bits per heavy atom. The lowest BCUT2D eigenvalue weighted by Crippen LogP contribution is -2.08. The Balaban J connectivity index is 1.98. The lowest BCUT2D eigenvalue weighted by Gasteiger charge is -2.11. The fourth-order valence-electron chi connectivity index (χ4n) is 2.85. The van der Waals surface area contributed by atoms with Crippen LogP contribution in [-0.4, -0.2) is 5.97 Å². The van der Waals surface area contributed by atoms with Crippen molar-refractivity contribution in [1.29, 1.82) is 0 Å². The van der Waals surface area contributed by atoms with Gasteiger partial charge in [0.05, 0.1) is 0 Å². The van der Waals surface area contributed by atoms with Gasteiger partial charge in [-0.15, -0.1) is 0 Å². The Morgan fingerprint density at radius 3 is 2.73 bits per heavy atom. The molecule has 3 heteroatoms. The number of fused-ring (bicyclic) bond motifs is 1. The van der Waals surface area contributed by atoms with E-state index in [0.29, 0.717) is 11.3 Å². The van der Waals surface area contributed by atoms with Gasteiger partial charge in [-0.2, -0.15) is 0 Å². The molecule has 0 unspecified atom stereocenters. The van der Waals surface area contributed by atoms with E-state index in [9.17, 15) is 9.18 Å². The topological polar surface area (TPSA) is 26.3 Å². The first-order valence-corrected chi connectivity index (χ1v) is 7.34. The molecule has 0 saturated carbocycles. The number of ether oxygens (including phenoxy) is 1. The van der Waals surface area contributed by atoms with Crippen molar-refractivity contribution in [3.8, 4) is 16.9 Å². The first-order chi connectivity index (χ1) is 10.6. The van der Waals surface area contributed by atoms with Crippen LogP contribution in [0.4, 0.5) is 4.39 Å². The van der Waals surface area contributed by atoms with Gasteiger partial charge in [0, 0.05) is 5.57 Å². The molecule has 0 spiro atoms. The van der Waals surface area contributed by atoms with Crippen molar-refractivity contribution in [2.75, 3.05) is 0 Å². The molecule has 0 radical (unpaired) electrons. The van der Waals surface area contributed by atoms with Gasteiger partial charge in [0.2, 0.25) is 0 Å². The number of esters is 1. The summed E-state index contributed by atoms with van der Waals surface area (Å²) in [6.45, 7) is 5.18. The second kappa shape index (κ2) is 5.76. The van der Waals surface area contributed by atoms with Crippen LogP contribution < -0.4 is 4.74 Å². The maximum Gasteiger partial charge on any atom is 0.338 e. The molecule has 1 aliphatic carbocycles. The summed E-state index contributed by atoms with van der Waals surface area (Å²) in [6, 6.07) is 10.6. The average molecular weight is 296 g/mol. The van der Waals surface area contributed by atoms with E-state index >= 15 is 0 Å². The van der Waals surface area contributed by atoms with Crippen molar-refractivity contribution in [1.82, 2.24) is 0 Å². The zero-order chi connectivity index (χ0) is 15.7. The molecule has 112 valence electrons. The number of benzene rings is 2. The molecular formula is C19H17FO2. The smallest absolute Gasteiger partial charge is 0.338 e. The number of hydrogen-bond acceptors (Lipinski definition) is 2. The van der Waals surface area contributed by atoms with Gasteiger partial charge in [0.15, 0.2) is 0 Å². The van der Waals surface area contributed by atoms with Crippen LogP contribution in [0.3, 0.4) is 0 Å². The summed E-state index contributed by atoms with van der Waals surface area (Å²) < 4.78 is 19.1. The number of halogens is 1. The van der Waals surface area contributed by atoms with E-state index in [1.54, 1.807) is 19.1 Å². The summed E-state index contributed by atoms with van der Waals surface area (Å²) in [4.78, 5) is 11.6. The largest absolute Gasteiger partial charge is 0.423 e. The molecule has 0 atom stereocenters. The lowest BCUT2D eigenvalue weighted by molar-refractivity contribution is -0.130. The molecule has 2 aromatic carbocycles. The average Bonchev–Trinajstić information content (AvgIpc) is 2.98. The summed E-state index contributed by atoms with van der Waals surface area (Å²) in [7, 11) is 0. The SMILES string of the molecule is C=C(C)C(=O)Oc1cccc(-c2ccc(F)c3c2CCC3)c1. The molecular weight excluding hydrogens is 279 g/mol. The molecule has 1 aliphatic rings. The standard InChI is InChI=1S/C19H17FO2/c1-12(2)19(21)22-14-6-3-5-13(11-14)15-9-10-18(20)17-8-4-7-16(15)17/h3,5-6,9-11H,1,4,7-8H2,2H3. The molecule has 0 fully saturated rings. The summed E-state index contributed by atoms with van der Waals surface area (Å²) in [5.74, 6) is -0.0934. The van der Waals surface area contributed by atoms with Crippen LogP contribution in [0.5, 0.6) is 5.75 Å². The van der Waals surface area contributed by atoms with Gasteiger partial charge in [0.1, 0.15) is 11.6 Å². The van der Waals surface area contributed by atoms with E-state index in [4.69, 9.17) is 4.74 Å². The molecule has 2 nitrogen and oxygen atoms in total. The maximum absolute atomic E-state index is 13.8. The summed E-state index contributed by atoms with van der Waals surface area (Å²) in [6.07, 6.45) is 2.66. The van der Waals surface area contributed by atoms with Gasteiger partial charge in [-0.1, -0.05) is 24.8 Å². The highest BCUT2D eigenvalue weighted by molar-refractivity contribution is 5.89. The van der Waals surface area contributed by atoms with Crippen molar-refractivity contribution >= 4 is 5.97 Å². The van der Waals surface area contributed by atoms with Crippen molar-refractivity contribution in [3.63, 3.8) is 0 Å². The van der Waals surface area contributed by atoms with Gasteiger partial charge >= 0.3 is 5.97 Å². The van der Waals surface area contributed by atoms with Crippen LogP contribution in [-0.2, 0) is 17.6 Å². The highest BCUT2D eigenvalue weighted by Crippen LogP contribution is 2.35. The molecule has 0 heterocycles. The minimum absolute atomic E-state index is 0.124. The highest BCUT2D eigenvalue weighted by Gasteiger charge is 2.19. The van der Waals surface area contributed by atoms with Gasteiger partial charge in [0.25, 0.3) is 0 Å². The van der Waals surface area contributed by atoms with Crippen LogP contribution in [0.15, 0.2) is 48.6 Å². The minimum atomic E-state index is -0.443. The fraction of sp³-hybridized carbons (Fsp3) is 0.211. The highest BCUT2D eigenvalue weighted by atomic mass is 19.1. The predicted molar refractivity (Wildman–Crippen MR) is 84.3 cm³/mol. The molecule has 0 N–H and O–H groups in total. The van der Waals surface area contributed by atoms with E-state index in [-0.39, 0.29) is 5.82 Å². The molecule has 0 amide bonds. The van der Waals surface area contributed by atoms with Crippen LogP contribution >= 0.6 is 0 Å². The number of carbonyl (C=O) groups excluding carboxylic acids is 1. The van der Waals surface area contributed by atoms with Crippen LogP contribution in [0, 0.1) is 5.82 Å². The van der Waals surface area contributed by atoms with Gasteiger partial charge in [-0.3, -0.25) is 0 Å². The Hall–Kier alpha value is -2.42. The first kappa shape index (κ1) is 14.5. The van der Waals surface area contributed by atoms with Crippen LogP contribution in [0.25, 0.3) is 11.1 Å². The summed E-state index contributed by atoms with van der Waals surface area (Å²) in [5, 5.41) is 0. The van der Waals surface area contributed by atoms with Crippen LogP contribution in [0.2, 0.25) is 0 Å². The van der Waals surface area contributed by atoms with Gasteiger partial charge < -0.3 is 4.74 Å². The van der Waals surface area contributed by atoms with Gasteiger partial charge in [-0.05, 0) is 66.6 Å². The maximum atomic E-state index is 13.8. The van der Waals surface area contributed by atoms with E-state index in [1.165, 1.54) is 6.07 Å². The van der Waals surface area contributed by atoms with Crippen LogP contribution in [0.1, 0.15) is 24.5 Å². The Morgan fingerprint density at radius 1 is 1.18 bits per heavy atom. The molecule has 0 bridgehead atoms. The molecule has 0 saturated heterocycles. The number of hydrogen-bond donors (Lipinski definition) is 0. The Bertz CT molecular complexity index is 762. The third kappa shape index (κ3) is 2.67. The fourth-order valence-corrected chi connectivity index (χ4v) is 2.85. The normalized spacial score (nSPS) is 12.8. The van der Waals surface area contributed by atoms with Crippen molar-refractivity contribution in [3.05, 3.63) is 65.5 Å². The van der Waals surface area contributed by atoms with Crippen molar-refractivity contribution in [2.45, 2.75) is 26.2 Å². The van der Waals surface area contributed by atoms with Crippen molar-refractivity contribution < 1.29 is 13.9 Å². The molecule has 3 rings (SSSR count). The second-order valence-corrected chi connectivity index (χ2v) is 5.60. The van der Waals surface area contributed by atoms with E-state index in [1.807, 2.05) is 18.2 Å². The third-order valence-electron chi connectivity index (χ3n) is 3.93. The van der Waals surface area contributed by atoms with E-state index in [0.717, 1.165) is 41.5 Å². The third-order valence-corrected chi connectivity index (χ3v) is 3.93. The van der Waals surface area contributed by atoms with E-state index in [2.05, 4.69) is 6.58 Å². The Kier molecular flexibility index (Phi) is 3.80. The summed E-state index contributed by atoms with van der Waals surface area (Å²) in [5.41, 5.74) is 4.20. The second-order valence-electron chi connectivity index (χ2n) is 5.60. The first-order valence-electron chi connectivity index (χ1n) is 7.34. The molecule has 22 heavy (non-hydrogen) atoms. The monoisotopic (exact) mass is 296 g/mol. The van der Waals surface area contributed by atoms with Gasteiger partial charge in [-0.25, -0.2) is 9.18 Å². The Labute approximate surface area is 129 Å². The lowest BCUT2D eigenvalue weighted by atomic mass is 9.96.